The maximum absolute atomic E-state index is 5.98. The molecule has 2 heteroatoms. The summed E-state index contributed by atoms with van der Waals surface area (Å²) in [7, 11) is 0. The van der Waals surface area contributed by atoms with E-state index in [-0.39, 0.29) is 5.54 Å². The molecule has 0 bridgehead atoms. The molecule has 0 aromatic carbocycles. The molecular formula is C15H32N2. The first-order chi connectivity index (χ1) is 7.76. The van der Waals surface area contributed by atoms with E-state index in [9.17, 15) is 0 Å². The lowest BCUT2D eigenvalue weighted by molar-refractivity contribution is 0.266. The molecule has 17 heavy (non-hydrogen) atoms. The van der Waals surface area contributed by atoms with Gasteiger partial charge in [-0.15, -0.1) is 0 Å². The Labute approximate surface area is 108 Å². The van der Waals surface area contributed by atoms with Crippen LogP contribution in [0.2, 0.25) is 0 Å². The molecule has 0 amide bonds. The number of nitrogens with two attached hydrogens (primary N) is 1. The molecule has 2 atom stereocenters. The van der Waals surface area contributed by atoms with Crippen LogP contribution in [0.5, 0.6) is 0 Å². The summed E-state index contributed by atoms with van der Waals surface area (Å²) in [5, 5.41) is 3.83. The van der Waals surface area contributed by atoms with Crippen LogP contribution in [-0.2, 0) is 0 Å². The lowest BCUT2D eigenvalue weighted by Gasteiger charge is -2.34. The maximum Gasteiger partial charge on any atom is 0.0278 e. The molecule has 0 aromatic heterocycles. The Kier molecular flexibility index (Phi) is 5.03. The van der Waals surface area contributed by atoms with Crippen LogP contribution in [-0.4, -0.2) is 18.1 Å². The Morgan fingerprint density at radius 3 is 2.47 bits per heavy atom. The van der Waals surface area contributed by atoms with Gasteiger partial charge in [0.15, 0.2) is 0 Å². The third-order valence-corrected chi connectivity index (χ3v) is 4.25. The van der Waals surface area contributed by atoms with E-state index < -0.39 is 0 Å². The summed E-state index contributed by atoms with van der Waals surface area (Å²) in [6.45, 7) is 12.4. The molecule has 1 rings (SSSR count). The van der Waals surface area contributed by atoms with Gasteiger partial charge < -0.3 is 11.1 Å². The van der Waals surface area contributed by atoms with Gasteiger partial charge in [0.25, 0.3) is 0 Å². The first-order valence-corrected chi connectivity index (χ1v) is 7.24. The Hall–Kier alpha value is -0.0800. The Bertz CT molecular complexity index is 235. The first-order valence-electron chi connectivity index (χ1n) is 7.24. The minimum Gasteiger partial charge on any atom is -0.329 e. The molecular weight excluding hydrogens is 208 g/mol. The Morgan fingerprint density at radius 2 is 2.06 bits per heavy atom. The van der Waals surface area contributed by atoms with Crippen LogP contribution in [0.25, 0.3) is 0 Å². The third-order valence-electron chi connectivity index (χ3n) is 4.25. The molecule has 102 valence electrons. The molecule has 0 radical (unpaired) electrons. The topological polar surface area (TPSA) is 38.0 Å². The smallest absolute Gasteiger partial charge is 0.0278 e. The van der Waals surface area contributed by atoms with Gasteiger partial charge in [-0.25, -0.2) is 0 Å². The van der Waals surface area contributed by atoms with Gasteiger partial charge in [0.1, 0.15) is 0 Å². The summed E-state index contributed by atoms with van der Waals surface area (Å²) in [6, 6.07) is 0.672. The second-order valence-electron chi connectivity index (χ2n) is 7.45. The van der Waals surface area contributed by atoms with Crippen LogP contribution in [0.4, 0.5) is 0 Å². The summed E-state index contributed by atoms with van der Waals surface area (Å²) in [5.74, 6) is 0.766. The van der Waals surface area contributed by atoms with E-state index in [2.05, 4.69) is 39.9 Å². The molecule has 0 heterocycles. The minimum absolute atomic E-state index is 0.134. The van der Waals surface area contributed by atoms with Crippen molar-refractivity contribution in [1.29, 1.82) is 0 Å². The van der Waals surface area contributed by atoms with E-state index in [1.54, 1.807) is 0 Å². The van der Waals surface area contributed by atoms with Gasteiger partial charge in [-0.3, -0.25) is 0 Å². The first kappa shape index (κ1) is 15.0. The molecule has 2 nitrogen and oxygen atoms in total. The number of nitrogens with one attached hydrogen (secondary N) is 1. The van der Waals surface area contributed by atoms with Crippen molar-refractivity contribution in [3.8, 4) is 0 Å². The highest BCUT2D eigenvalue weighted by Gasteiger charge is 2.34. The summed E-state index contributed by atoms with van der Waals surface area (Å²) in [6.07, 6.45) is 6.40. The fourth-order valence-corrected chi connectivity index (χ4v) is 2.89. The van der Waals surface area contributed by atoms with Crippen molar-refractivity contribution in [2.45, 2.75) is 78.3 Å². The van der Waals surface area contributed by atoms with E-state index in [1.165, 1.54) is 32.1 Å². The molecule has 1 fully saturated rings. The fraction of sp³-hybridized carbons (Fsp3) is 1.00. The molecule has 1 saturated carbocycles. The van der Waals surface area contributed by atoms with Crippen LogP contribution in [0.1, 0.15) is 66.7 Å². The van der Waals surface area contributed by atoms with Crippen molar-refractivity contribution in [2.24, 2.45) is 17.1 Å². The van der Waals surface area contributed by atoms with Gasteiger partial charge in [0.2, 0.25) is 0 Å². The molecule has 0 saturated heterocycles. The lowest BCUT2D eigenvalue weighted by atomic mass is 9.89. The summed E-state index contributed by atoms with van der Waals surface area (Å²) in [4.78, 5) is 0. The number of hydrogen-bond donors (Lipinski definition) is 2. The van der Waals surface area contributed by atoms with Gasteiger partial charge in [-0.05, 0) is 50.4 Å². The maximum atomic E-state index is 5.98. The second-order valence-corrected chi connectivity index (χ2v) is 7.45. The van der Waals surface area contributed by atoms with Gasteiger partial charge in [0, 0.05) is 18.1 Å². The summed E-state index contributed by atoms with van der Waals surface area (Å²) in [5.41, 5.74) is 6.63. The van der Waals surface area contributed by atoms with Gasteiger partial charge >= 0.3 is 0 Å². The molecule has 0 aromatic rings. The van der Waals surface area contributed by atoms with E-state index in [4.69, 9.17) is 5.73 Å². The third kappa shape index (κ3) is 4.97. The monoisotopic (exact) mass is 240 g/mol. The Balaban J connectivity index is 2.45. The number of hydrogen-bond acceptors (Lipinski definition) is 2. The van der Waals surface area contributed by atoms with E-state index in [1.807, 2.05) is 0 Å². The van der Waals surface area contributed by atoms with Gasteiger partial charge in [-0.1, -0.05) is 27.7 Å². The van der Waals surface area contributed by atoms with Crippen LogP contribution in [0.15, 0.2) is 0 Å². The van der Waals surface area contributed by atoms with Crippen LogP contribution in [0, 0.1) is 11.3 Å². The average molecular weight is 240 g/mol. The van der Waals surface area contributed by atoms with Crippen molar-refractivity contribution in [1.82, 2.24) is 5.32 Å². The SMILES string of the molecule is CC(C)CCC(C)(CN)NC1CCC(C)(C)C1. The van der Waals surface area contributed by atoms with Crippen molar-refractivity contribution >= 4 is 0 Å². The Morgan fingerprint density at radius 1 is 1.41 bits per heavy atom. The second kappa shape index (κ2) is 5.71. The average Bonchev–Trinajstić information content (AvgIpc) is 2.55. The highest BCUT2D eigenvalue weighted by atomic mass is 15.0. The predicted octanol–water partition coefficient (Wildman–Crippen LogP) is 3.31. The van der Waals surface area contributed by atoms with Crippen LogP contribution < -0.4 is 11.1 Å². The highest BCUT2D eigenvalue weighted by molar-refractivity contribution is 4.93. The zero-order chi connectivity index (χ0) is 13.1. The molecule has 3 N–H and O–H groups in total. The lowest BCUT2D eigenvalue weighted by Crippen LogP contribution is -2.52. The van der Waals surface area contributed by atoms with Crippen LogP contribution >= 0.6 is 0 Å². The van der Waals surface area contributed by atoms with Gasteiger partial charge in [-0.2, -0.15) is 0 Å². The van der Waals surface area contributed by atoms with Crippen molar-refractivity contribution in [3.63, 3.8) is 0 Å². The van der Waals surface area contributed by atoms with Crippen molar-refractivity contribution in [2.75, 3.05) is 6.54 Å². The largest absolute Gasteiger partial charge is 0.329 e. The number of rotatable bonds is 6. The normalized spacial score (nSPS) is 27.4. The molecule has 1 aliphatic rings. The molecule has 2 unspecified atom stereocenters. The zero-order valence-corrected chi connectivity index (χ0v) is 12.5. The molecule has 0 aliphatic heterocycles. The molecule has 0 spiro atoms. The summed E-state index contributed by atoms with van der Waals surface area (Å²) < 4.78 is 0. The fourth-order valence-electron chi connectivity index (χ4n) is 2.89. The van der Waals surface area contributed by atoms with Gasteiger partial charge in [0.05, 0.1) is 0 Å². The van der Waals surface area contributed by atoms with Crippen molar-refractivity contribution < 1.29 is 0 Å². The minimum atomic E-state index is 0.134. The van der Waals surface area contributed by atoms with Crippen molar-refractivity contribution in [3.05, 3.63) is 0 Å². The molecule has 1 aliphatic carbocycles. The van der Waals surface area contributed by atoms with E-state index >= 15 is 0 Å². The quantitative estimate of drug-likeness (QED) is 0.747. The zero-order valence-electron chi connectivity index (χ0n) is 12.5. The van der Waals surface area contributed by atoms with E-state index in [0.717, 1.165) is 12.5 Å². The predicted molar refractivity (Wildman–Crippen MR) is 76.1 cm³/mol. The summed E-state index contributed by atoms with van der Waals surface area (Å²) >= 11 is 0. The highest BCUT2D eigenvalue weighted by Crippen LogP contribution is 2.37. The van der Waals surface area contributed by atoms with Crippen LogP contribution in [0.3, 0.4) is 0 Å². The standard InChI is InChI=1S/C15H32N2/c1-12(2)6-9-15(5,11-16)17-13-7-8-14(3,4)10-13/h12-13,17H,6-11,16H2,1-5H3. The van der Waals surface area contributed by atoms with E-state index in [0.29, 0.717) is 11.5 Å².